The lowest BCUT2D eigenvalue weighted by atomic mass is 9.96. The highest BCUT2D eigenvalue weighted by Gasteiger charge is 2.15. The first-order chi connectivity index (χ1) is 9.04. The molecule has 0 fully saturated rings. The third-order valence-electron chi connectivity index (χ3n) is 3.16. The van der Waals surface area contributed by atoms with Gasteiger partial charge in [0.25, 0.3) is 5.56 Å². The quantitative estimate of drug-likeness (QED) is 0.921. The Kier molecular flexibility index (Phi) is 3.69. The minimum atomic E-state index is -0.0739. The van der Waals surface area contributed by atoms with Crippen LogP contribution >= 0.6 is 0 Å². The molecular formula is C15H18N2O2. The van der Waals surface area contributed by atoms with Crippen molar-refractivity contribution in [1.29, 1.82) is 0 Å². The number of aryl methyl sites for hydroxylation is 1. The van der Waals surface area contributed by atoms with E-state index in [1.165, 1.54) is 6.33 Å². The van der Waals surface area contributed by atoms with E-state index in [1.54, 1.807) is 7.11 Å². The Morgan fingerprint density at radius 1 is 1.32 bits per heavy atom. The lowest BCUT2D eigenvalue weighted by Gasteiger charge is -2.13. The van der Waals surface area contributed by atoms with Crippen LogP contribution in [0.3, 0.4) is 0 Å². The fraction of sp³-hybridized carbons (Fsp3) is 0.333. The molecule has 100 valence electrons. The van der Waals surface area contributed by atoms with Crippen LogP contribution in [0, 0.1) is 6.92 Å². The van der Waals surface area contributed by atoms with E-state index in [0.29, 0.717) is 0 Å². The largest absolute Gasteiger partial charge is 0.497 e. The van der Waals surface area contributed by atoms with Crippen molar-refractivity contribution in [3.63, 3.8) is 0 Å². The smallest absolute Gasteiger partial charge is 0.254 e. The topological polar surface area (TPSA) is 55.0 Å². The molecule has 1 heterocycles. The molecule has 0 aliphatic rings. The summed E-state index contributed by atoms with van der Waals surface area (Å²) in [6, 6.07) is 5.78. The van der Waals surface area contributed by atoms with Crippen LogP contribution in [0.4, 0.5) is 0 Å². The highest BCUT2D eigenvalue weighted by Crippen LogP contribution is 2.29. The molecule has 0 bridgehead atoms. The van der Waals surface area contributed by atoms with E-state index in [9.17, 15) is 4.79 Å². The molecule has 4 heteroatoms. The van der Waals surface area contributed by atoms with Crippen LogP contribution in [0.25, 0.3) is 11.3 Å². The van der Waals surface area contributed by atoms with Gasteiger partial charge in [0.05, 0.1) is 19.1 Å². The maximum absolute atomic E-state index is 12.0. The molecule has 0 amide bonds. The Bertz CT molecular complexity index is 645. The zero-order valence-electron chi connectivity index (χ0n) is 11.7. The molecule has 0 spiro atoms. The minimum Gasteiger partial charge on any atom is -0.497 e. The maximum atomic E-state index is 12.0. The van der Waals surface area contributed by atoms with E-state index in [-0.39, 0.29) is 11.5 Å². The molecule has 19 heavy (non-hydrogen) atoms. The highest BCUT2D eigenvalue weighted by atomic mass is 16.5. The van der Waals surface area contributed by atoms with E-state index in [2.05, 4.69) is 9.97 Å². The number of nitrogens with zero attached hydrogens (tertiary/aromatic N) is 1. The molecular weight excluding hydrogens is 240 g/mol. The Balaban J connectivity index is 2.66. The van der Waals surface area contributed by atoms with Gasteiger partial charge < -0.3 is 9.72 Å². The van der Waals surface area contributed by atoms with Crippen LogP contribution in [-0.4, -0.2) is 17.1 Å². The molecule has 0 radical (unpaired) electrons. The minimum absolute atomic E-state index is 0.0739. The van der Waals surface area contributed by atoms with Gasteiger partial charge in [-0.2, -0.15) is 0 Å². The molecule has 2 aromatic rings. The SMILES string of the molecule is COc1ccc(-c2nc[nH]c(=O)c2C(C)C)c(C)c1. The Morgan fingerprint density at radius 3 is 2.63 bits per heavy atom. The summed E-state index contributed by atoms with van der Waals surface area (Å²) < 4.78 is 5.20. The third-order valence-corrected chi connectivity index (χ3v) is 3.16. The molecule has 2 rings (SSSR count). The molecule has 0 atom stereocenters. The van der Waals surface area contributed by atoms with Crippen LogP contribution in [0.5, 0.6) is 5.75 Å². The maximum Gasteiger partial charge on any atom is 0.254 e. The summed E-state index contributed by atoms with van der Waals surface area (Å²) in [4.78, 5) is 19.0. The number of methoxy groups -OCH3 is 1. The van der Waals surface area contributed by atoms with Gasteiger partial charge in [0, 0.05) is 11.1 Å². The van der Waals surface area contributed by atoms with E-state index in [0.717, 1.165) is 28.1 Å². The van der Waals surface area contributed by atoms with Gasteiger partial charge >= 0.3 is 0 Å². The zero-order chi connectivity index (χ0) is 14.0. The van der Waals surface area contributed by atoms with Crippen molar-refractivity contribution >= 4 is 0 Å². The zero-order valence-corrected chi connectivity index (χ0v) is 11.7. The molecule has 1 aromatic heterocycles. The average Bonchev–Trinajstić information content (AvgIpc) is 2.37. The average molecular weight is 258 g/mol. The van der Waals surface area contributed by atoms with Crippen molar-refractivity contribution in [3.8, 4) is 17.0 Å². The van der Waals surface area contributed by atoms with Crippen LogP contribution in [-0.2, 0) is 0 Å². The van der Waals surface area contributed by atoms with Crippen molar-refractivity contribution in [2.24, 2.45) is 0 Å². The van der Waals surface area contributed by atoms with Gasteiger partial charge in [0.1, 0.15) is 5.75 Å². The standard InChI is InChI=1S/C15H18N2O2/c1-9(2)13-14(16-8-17-15(13)18)12-6-5-11(19-4)7-10(12)3/h5-9H,1-4H3,(H,16,17,18). The molecule has 0 unspecified atom stereocenters. The number of nitrogens with one attached hydrogen (secondary N) is 1. The van der Waals surface area contributed by atoms with Crippen molar-refractivity contribution in [2.45, 2.75) is 26.7 Å². The summed E-state index contributed by atoms with van der Waals surface area (Å²) >= 11 is 0. The first-order valence-electron chi connectivity index (χ1n) is 6.27. The fourth-order valence-electron chi connectivity index (χ4n) is 2.19. The van der Waals surface area contributed by atoms with Crippen LogP contribution in [0.1, 0.15) is 30.9 Å². The monoisotopic (exact) mass is 258 g/mol. The Labute approximate surface area is 112 Å². The first kappa shape index (κ1) is 13.3. The predicted octanol–water partition coefficient (Wildman–Crippen LogP) is 2.88. The van der Waals surface area contributed by atoms with Gasteiger partial charge in [0.2, 0.25) is 0 Å². The molecule has 0 aliphatic carbocycles. The lowest BCUT2D eigenvalue weighted by molar-refractivity contribution is 0.414. The normalized spacial score (nSPS) is 10.8. The summed E-state index contributed by atoms with van der Waals surface area (Å²) in [7, 11) is 1.64. The summed E-state index contributed by atoms with van der Waals surface area (Å²) in [6.45, 7) is 5.98. The second-order valence-electron chi connectivity index (χ2n) is 4.83. The van der Waals surface area contributed by atoms with E-state index in [1.807, 2.05) is 39.0 Å². The summed E-state index contributed by atoms with van der Waals surface area (Å²) in [5, 5.41) is 0. The molecule has 1 aromatic carbocycles. The van der Waals surface area contributed by atoms with Gasteiger partial charge in [0.15, 0.2) is 0 Å². The molecule has 0 saturated carbocycles. The van der Waals surface area contributed by atoms with Crippen molar-refractivity contribution in [3.05, 3.63) is 46.0 Å². The summed E-state index contributed by atoms with van der Waals surface area (Å²) in [6.07, 6.45) is 1.45. The number of aromatic nitrogens is 2. The van der Waals surface area contributed by atoms with Gasteiger partial charge in [-0.25, -0.2) is 4.98 Å². The van der Waals surface area contributed by atoms with Gasteiger partial charge in [-0.15, -0.1) is 0 Å². The number of H-pyrrole nitrogens is 1. The lowest BCUT2D eigenvalue weighted by Crippen LogP contribution is -2.16. The third kappa shape index (κ3) is 2.52. The molecule has 0 aliphatic heterocycles. The van der Waals surface area contributed by atoms with Crippen LogP contribution < -0.4 is 10.3 Å². The van der Waals surface area contributed by atoms with Gasteiger partial charge in [-0.1, -0.05) is 13.8 Å². The fourth-order valence-corrected chi connectivity index (χ4v) is 2.19. The molecule has 1 N–H and O–H groups in total. The number of hydrogen-bond donors (Lipinski definition) is 1. The number of benzene rings is 1. The highest BCUT2D eigenvalue weighted by molar-refractivity contribution is 5.67. The number of hydrogen-bond acceptors (Lipinski definition) is 3. The molecule has 0 saturated heterocycles. The van der Waals surface area contributed by atoms with Crippen molar-refractivity contribution in [2.75, 3.05) is 7.11 Å². The number of aromatic amines is 1. The van der Waals surface area contributed by atoms with E-state index in [4.69, 9.17) is 4.74 Å². The van der Waals surface area contributed by atoms with Gasteiger partial charge in [-0.05, 0) is 36.6 Å². The van der Waals surface area contributed by atoms with E-state index < -0.39 is 0 Å². The second kappa shape index (κ2) is 5.26. The number of rotatable bonds is 3. The molecule has 4 nitrogen and oxygen atoms in total. The summed E-state index contributed by atoms with van der Waals surface area (Å²) in [5.74, 6) is 0.922. The summed E-state index contributed by atoms with van der Waals surface area (Å²) in [5.41, 5.74) is 3.40. The van der Waals surface area contributed by atoms with Crippen LogP contribution in [0.2, 0.25) is 0 Å². The predicted molar refractivity (Wildman–Crippen MR) is 75.7 cm³/mol. The van der Waals surface area contributed by atoms with E-state index >= 15 is 0 Å². The van der Waals surface area contributed by atoms with Crippen LogP contribution in [0.15, 0.2) is 29.3 Å². The second-order valence-corrected chi connectivity index (χ2v) is 4.83. The Hall–Kier alpha value is -2.10. The van der Waals surface area contributed by atoms with Crippen molar-refractivity contribution < 1.29 is 4.74 Å². The van der Waals surface area contributed by atoms with Gasteiger partial charge in [-0.3, -0.25) is 4.79 Å². The number of ether oxygens (including phenoxy) is 1. The van der Waals surface area contributed by atoms with Crippen molar-refractivity contribution in [1.82, 2.24) is 9.97 Å². The first-order valence-corrected chi connectivity index (χ1v) is 6.27. The Morgan fingerprint density at radius 2 is 2.05 bits per heavy atom.